The first-order valence-electron chi connectivity index (χ1n) is 23.2. The molecule has 4 aliphatic heterocycles. The number of rotatable bonds is 12. The number of hydrogen-bond acceptors (Lipinski definition) is 17. The summed E-state index contributed by atoms with van der Waals surface area (Å²) in [4.78, 5) is 33.2. The van der Waals surface area contributed by atoms with Gasteiger partial charge >= 0.3 is 5.97 Å². The molecule has 18 nitrogen and oxygen atoms in total. The molecule has 18 heteroatoms. The molecule has 0 bridgehead atoms. The van der Waals surface area contributed by atoms with Gasteiger partial charge in [0, 0.05) is 77.3 Å². The Morgan fingerprint density at radius 2 is 1.59 bits per heavy atom. The van der Waals surface area contributed by atoms with Crippen LogP contribution in [-0.2, 0) is 38.0 Å². The van der Waals surface area contributed by atoms with Crippen molar-refractivity contribution in [2.45, 2.75) is 191 Å². The van der Waals surface area contributed by atoms with Crippen LogP contribution in [0.25, 0.3) is 0 Å². The number of aliphatic hydroxyl groups is 6. The van der Waals surface area contributed by atoms with Crippen molar-refractivity contribution in [2.24, 2.45) is 17.8 Å². The summed E-state index contributed by atoms with van der Waals surface area (Å²) in [5.41, 5.74) is -4.54. The molecule has 0 aliphatic carbocycles. The second-order valence-corrected chi connectivity index (χ2v) is 20.2. The van der Waals surface area contributed by atoms with Crippen LogP contribution in [0.3, 0.4) is 0 Å². The van der Waals surface area contributed by atoms with E-state index in [4.69, 9.17) is 28.4 Å². The van der Waals surface area contributed by atoms with Crippen LogP contribution in [0.1, 0.15) is 94.9 Å². The maximum atomic E-state index is 14.4. The predicted molar refractivity (Wildman–Crippen MR) is 233 cm³/mol. The van der Waals surface area contributed by atoms with Crippen molar-refractivity contribution in [1.29, 1.82) is 0 Å². The molecule has 4 heterocycles. The van der Waals surface area contributed by atoms with E-state index in [0.717, 1.165) is 6.41 Å². The number of ether oxygens (including phenoxy) is 6. The summed E-state index contributed by atoms with van der Waals surface area (Å²) in [5, 5.41) is 70.5. The maximum absolute atomic E-state index is 14.4. The van der Waals surface area contributed by atoms with Gasteiger partial charge in [0.05, 0.1) is 47.6 Å². The first-order chi connectivity index (χ1) is 29.3. The average Bonchev–Trinajstić information content (AvgIpc) is 3.22. The van der Waals surface area contributed by atoms with Gasteiger partial charge in [-0.2, -0.15) is 0 Å². The van der Waals surface area contributed by atoms with Crippen molar-refractivity contribution < 1.29 is 68.6 Å². The molecule has 0 saturated carbocycles. The van der Waals surface area contributed by atoms with Crippen LogP contribution in [0.2, 0.25) is 0 Å². The normalized spacial score (nSPS) is 45.3. The molecule has 4 rings (SSSR count). The van der Waals surface area contributed by atoms with Gasteiger partial charge in [-0.1, -0.05) is 20.8 Å². The minimum absolute atomic E-state index is 0.0957. The highest BCUT2D eigenvalue weighted by atomic mass is 16.7. The van der Waals surface area contributed by atoms with Crippen molar-refractivity contribution in [3.8, 4) is 0 Å². The van der Waals surface area contributed by atoms with E-state index in [1.165, 1.54) is 14.0 Å². The third kappa shape index (κ3) is 13.1. The number of esters is 1. The molecule has 0 radical (unpaired) electrons. The van der Waals surface area contributed by atoms with Gasteiger partial charge < -0.3 is 68.9 Å². The molecule has 19 atom stereocenters. The monoisotopic (exact) mass is 905 g/mol. The highest BCUT2D eigenvalue weighted by molar-refractivity contribution is 5.73. The van der Waals surface area contributed by atoms with Gasteiger partial charge in [0.15, 0.2) is 12.6 Å². The lowest BCUT2D eigenvalue weighted by Crippen LogP contribution is -2.61. The van der Waals surface area contributed by atoms with Crippen LogP contribution < -0.4 is 0 Å². The molecule has 2 unspecified atom stereocenters. The number of carbonyl (C=O) groups excluding carboxylic acids is 2. The fraction of sp³-hybridized carbons (Fsp3) is 0.956. The molecule has 0 aromatic carbocycles. The molecular weight excluding hydrogens is 821 g/mol. The molecule has 0 aromatic rings. The largest absolute Gasteiger partial charge is 0.459 e. The second-order valence-electron chi connectivity index (χ2n) is 20.2. The first kappa shape index (κ1) is 54.0. The number of likely N-dealkylation sites (N-methyl/N-ethyl adjacent to an activating group) is 2. The quantitative estimate of drug-likeness (QED) is 0.115. The number of methoxy groups -OCH3 is 1. The average molecular weight is 905 g/mol. The molecule has 4 saturated heterocycles. The third-order valence-corrected chi connectivity index (χ3v) is 14.6. The summed E-state index contributed by atoms with van der Waals surface area (Å²) < 4.78 is 38.0. The standard InChI is InChI=1S/C45H84N4O14/c1-14-34-45(10,57)38(53)30(6)46(11)22-26(2)20-43(8,56)40(28(4)37(29(5)41(55)61-34)62-35-21-44(9,58-13)39(54)31(7)60-35)63-42-36(52)33(19-27(3)59-42)47(12)23-32(51)24-48-15-17-49(25-50)18-16-48/h25-40,42,51-54,56-57H,14-24H2,1-13H3/t26-,27-,28+,29-,30-,31+,32?,33?,34-,35+,36-,37+,38-,39+,40-,42+,43-,44-,45-/m1/s1. The molecule has 368 valence electrons. The van der Waals surface area contributed by atoms with Gasteiger partial charge in [0.2, 0.25) is 6.41 Å². The first-order valence-corrected chi connectivity index (χ1v) is 23.2. The number of hydrogen-bond donors (Lipinski definition) is 6. The topological polar surface area (TPSA) is 224 Å². The van der Waals surface area contributed by atoms with E-state index in [2.05, 4.69) is 4.90 Å². The number of carbonyl (C=O) groups is 2. The van der Waals surface area contributed by atoms with Crippen LogP contribution in [0.5, 0.6) is 0 Å². The third-order valence-electron chi connectivity index (χ3n) is 14.6. The van der Waals surface area contributed by atoms with Gasteiger partial charge in [-0.3, -0.25) is 19.4 Å². The Kier molecular flexibility index (Phi) is 19.2. The van der Waals surface area contributed by atoms with Gasteiger partial charge in [-0.15, -0.1) is 0 Å². The van der Waals surface area contributed by atoms with Crippen molar-refractivity contribution in [3.63, 3.8) is 0 Å². The number of piperazine rings is 1. The number of nitrogens with zero attached hydrogens (tertiary/aromatic N) is 4. The van der Waals surface area contributed by atoms with Gasteiger partial charge in [-0.25, -0.2) is 0 Å². The molecular formula is C45H84N4O14. The SMILES string of the molecule is CC[C@H]1OC(=O)[C@H](C)[C@@H](O[C@H]2C[C@@](C)(OC)[C@@H](O)[C@H](C)O2)[C@H](C)[C@@H](O[C@@H]2O[C@H](C)CC(N(C)CC(O)CN3CCN(C=O)CC3)[C@H]2O)[C@](C)(O)C[C@@H](C)CN(C)[C@H](C)[C@@H](O)[C@]1(C)O. The van der Waals surface area contributed by atoms with E-state index >= 15 is 0 Å². The lowest BCUT2D eigenvalue weighted by molar-refractivity contribution is -0.318. The predicted octanol–water partition coefficient (Wildman–Crippen LogP) is 0.406. The van der Waals surface area contributed by atoms with Crippen LogP contribution in [0.4, 0.5) is 0 Å². The molecule has 4 aliphatic rings. The Balaban J connectivity index is 1.72. The molecule has 6 N–H and O–H groups in total. The minimum Gasteiger partial charge on any atom is -0.459 e. The Hall–Kier alpha value is -1.62. The molecule has 4 fully saturated rings. The van der Waals surface area contributed by atoms with E-state index in [0.29, 0.717) is 45.7 Å². The van der Waals surface area contributed by atoms with E-state index in [1.807, 2.05) is 37.7 Å². The summed E-state index contributed by atoms with van der Waals surface area (Å²) in [6, 6.07) is -1.08. The number of aliphatic hydroxyl groups excluding tert-OH is 4. The highest BCUT2D eigenvalue weighted by Gasteiger charge is 2.53. The summed E-state index contributed by atoms with van der Waals surface area (Å²) in [6.45, 7) is 21.0. The molecule has 0 aromatic heterocycles. The van der Waals surface area contributed by atoms with Crippen LogP contribution in [0, 0.1) is 17.8 Å². The fourth-order valence-electron chi connectivity index (χ4n) is 10.5. The maximum Gasteiger partial charge on any atom is 0.311 e. The van der Waals surface area contributed by atoms with E-state index < -0.39 is 114 Å². The van der Waals surface area contributed by atoms with Crippen LogP contribution in [0.15, 0.2) is 0 Å². The summed E-state index contributed by atoms with van der Waals surface area (Å²) >= 11 is 0. The van der Waals surface area contributed by atoms with Gasteiger partial charge in [0.25, 0.3) is 0 Å². The molecule has 1 amide bonds. The van der Waals surface area contributed by atoms with E-state index in [9.17, 15) is 40.2 Å². The number of cyclic esters (lactones) is 1. The lowest BCUT2D eigenvalue weighted by Gasteiger charge is -2.49. The summed E-state index contributed by atoms with van der Waals surface area (Å²) in [5.74, 6) is -2.81. The van der Waals surface area contributed by atoms with Gasteiger partial charge in [-0.05, 0) is 87.7 Å². The fourth-order valence-corrected chi connectivity index (χ4v) is 10.5. The zero-order valence-electron chi connectivity index (χ0n) is 40.3. The zero-order valence-corrected chi connectivity index (χ0v) is 40.3. The number of amides is 1. The van der Waals surface area contributed by atoms with Crippen molar-refractivity contribution in [3.05, 3.63) is 0 Å². The smallest absolute Gasteiger partial charge is 0.311 e. The number of β-amino-alcohol motifs (C(OH)–C–C–N with tert-alkyl or cyclic N) is 1. The van der Waals surface area contributed by atoms with E-state index in [1.54, 1.807) is 53.4 Å². The van der Waals surface area contributed by atoms with Gasteiger partial charge in [0.1, 0.15) is 30.0 Å². The summed E-state index contributed by atoms with van der Waals surface area (Å²) in [6.07, 6.45) is -9.17. The van der Waals surface area contributed by atoms with Crippen LogP contribution in [-0.4, -0.2) is 226 Å². The molecule has 63 heavy (non-hydrogen) atoms. The van der Waals surface area contributed by atoms with E-state index in [-0.39, 0.29) is 31.7 Å². The van der Waals surface area contributed by atoms with Crippen molar-refractivity contribution >= 4 is 12.4 Å². The highest BCUT2D eigenvalue weighted by Crippen LogP contribution is 2.40. The lowest BCUT2D eigenvalue weighted by atomic mass is 9.77. The Labute approximate surface area is 376 Å². The Morgan fingerprint density at radius 1 is 0.952 bits per heavy atom. The zero-order chi connectivity index (χ0) is 47.4. The Morgan fingerprint density at radius 3 is 2.17 bits per heavy atom. The minimum atomic E-state index is -1.84. The Bertz CT molecular complexity index is 1440. The molecule has 0 spiro atoms. The second kappa shape index (κ2) is 22.5. The van der Waals surface area contributed by atoms with Crippen molar-refractivity contribution in [1.82, 2.24) is 19.6 Å². The van der Waals surface area contributed by atoms with Crippen molar-refractivity contribution in [2.75, 3.05) is 67.0 Å². The van der Waals surface area contributed by atoms with Crippen LogP contribution >= 0.6 is 0 Å². The summed E-state index contributed by atoms with van der Waals surface area (Å²) in [7, 11) is 5.16.